The van der Waals surface area contributed by atoms with Gasteiger partial charge in [0.05, 0.1) is 11.0 Å². The Kier molecular flexibility index (Phi) is 3.61. The number of aryl methyl sites for hydroxylation is 2. The van der Waals surface area contributed by atoms with E-state index in [1.807, 2.05) is 43.3 Å². The molecule has 1 aromatic carbocycles. The van der Waals surface area contributed by atoms with Crippen LogP contribution in [0.5, 0.6) is 0 Å². The molecule has 0 bridgehead atoms. The summed E-state index contributed by atoms with van der Waals surface area (Å²) in [6, 6.07) is 11.1. The SMILES string of the molecule is CCn1c(=O)c(C)nc2cc(-c3noc(-c4ccccn4)n3)ccc21. The standard InChI is InChI=1S/C18H15N5O2/c1-3-23-15-8-7-12(10-14(15)20-11(2)18(23)24)16-21-17(25-22-16)13-6-4-5-9-19-13/h4-10H,3H2,1-2H3. The number of pyridine rings is 1. The zero-order valence-electron chi connectivity index (χ0n) is 13.8. The van der Waals surface area contributed by atoms with E-state index in [0.29, 0.717) is 29.6 Å². The lowest BCUT2D eigenvalue weighted by atomic mass is 10.1. The second kappa shape index (κ2) is 5.94. The van der Waals surface area contributed by atoms with Gasteiger partial charge < -0.3 is 9.09 Å². The lowest BCUT2D eigenvalue weighted by Crippen LogP contribution is -2.23. The molecule has 0 aliphatic rings. The van der Waals surface area contributed by atoms with Crippen LogP contribution in [0.4, 0.5) is 0 Å². The lowest BCUT2D eigenvalue weighted by Gasteiger charge is -2.09. The summed E-state index contributed by atoms with van der Waals surface area (Å²) in [4.78, 5) is 25.2. The lowest BCUT2D eigenvalue weighted by molar-refractivity contribution is 0.431. The van der Waals surface area contributed by atoms with Gasteiger partial charge in [-0.15, -0.1) is 0 Å². The third-order valence-corrected chi connectivity index (χ3v) is 3.99. The van der Waals surface area contributed by atoms with Gasteiger partial charge in [-0.25, -0.2) is 4.98 Å². The fraction of sp³-hybridized carbons (Fsp3) is 0.167. The van der Waals surface area contributed by atoms with Crippen LogP contribution >= 0.6 is 0 Å². The highest BCUT2D eigenvalue weighted by Crippen LogP contribution is 2.23. The molecule has 0 unspecified atom stereocenters. The Bertz CT molecular complexity index is 1120. The fourth-order valence-corrected chi connectivity index (χ4v) is 2.76. The first-order valence-corrected chi connectivity index (χ1v) is 7.94. The maximum atomic E-state index is 12.2. The van der Waals surface area contributed by atoms with Crippen molar-refractivity contribution in [2.75, 3.05) is 0 Å². The highest BCUT2D eigenvalue weighted by atomic mass is 16.5. The predicted molar refractivity (Wildman–Crippen MR) is 92.9 cm³/mol. The Morgan fingerprint density at radius 2 is 2.04 bits per heavy atom. The molecular formula is C18H15N5O2. The smallest absolute Gasteiger partial charge is 0.276 e. The van der Waals surface area contributed by atoms with Crippen molar-refractivity contribution in [3.8, 4) is 23.0 Å². The van der Waals surface area contributed by atoms with Crippen molar-refractivity contribution in [1.82, 2.24) is 24.7 Å². The number of rotatable bonds is 3. The molecule has 0 amide bonds. The van der Waals surface area contributed by atoms with Crippen molar-refractivity contribution in [3.05, 3.63) is 58.6 Å². The first-order valence-electron chi connectivity index (χ1n) is 7.94. The van der Waals surface area contributed by atoms with E-state index in [1.54, 1.807) is 17.7 Å². The van der Waals surface area contributed by atoms with Crippen LogP contribution < -0.4 is 5.56 Å². The van der Waals surface area contributed by atoms with Gasteiger partial charge in [0.1, 0.15) is 11.4 Å². The number of nitrogens with zero attached hydrogens (tertiary/aromatic N) is 5. The molecule has 4 rings (SSSR count). The molecule has 7 heteroatoms. The second-order valence-electron chi connectivity index (χ2n) is 5.59. The largest absolute Gasteiger partial charge is 0.332 e. The van der Waals surface area contributed by atoms with Crippen molar-refractivity contribution in [1.29, 1.82) is 0 Å². The average Bonchev–Trinajstić information content (AvgIpc) is 3.13. The fourth-order valence-electron chi connectivity index (χ4n) is 2.76. The minimum Gasteiger partial charge on any atom is -0.332 e. The van der Waals surface area contributed by atoms with E-state index >= 15 is 0 Å². The minimum absolute atomic E-state index is 0.0697. The molecule has 25 heavy (non-hydrogen) atoms. The number of hydrogen-bond acceptors (Lipinski definition) is 6. The van der Waals surface area contributed by atoms with Gasteiger partial charge in [0.2, 0.25) is 5.82 Å². The molecule has 3 aromatic heterocycles. The molecule has 4 aromatic rings. The predicted octanol–water partition coefficient (Wildman–Crippen LogP) is 2.84. The van der Waals surface area contributed by atoms with E-state index in [-0.39, 0.29) is 5.56 Å². The summed E-state index contributed by atoms with van der Waals surface area (Å²) >= 11 is 0. The monoisotopic (exact) mass is 333 g/mol. The Morgan fingerprint density at radius 1 is 1.16 bits per heavy atom. The van der Waals surface area contributed by atoms with Crippen molar-refractivity contribution < 1.29 is 4.52 Å². The Balaban J connectivity index is 1.82. The van der Waals surface area contributed by atoms with E-state index < -0.39 is 0 Å². The number of benzene rings is 1. The maximum absolute atomic E-state index is 12.2. The first kappa shape index (κ1) is 15.2. The quantitative estimate of drug-likeness (QED) is 0.573. The van der Waals surface area contributed by atoms with E-state index in [2.05, 4.69) is 20.1 Å². The second-order valence-corrected chi connectivity index (χ2v) is 5.59. The normalized spacial score (nSPS) is 11.1. The van der Waals surface area contributed by atoms with Crippen molar-refractivity contribution >= 4 is 11.0 Å². The topological polar surface area (TPSA) is 86.7 Å². The number of hydrogen-bond donors (Lipinski definition) is 0. The number of fused-ring (bicyclic) bond motifs is 1. The van der Waals surface area contributed by atoms with Crippen molar-refractivity contribution in [3.63, 3.8) is 0 Å². The summed E-state index contributed by atoms with van der Waals surface area (Å²) in [7, 11) is 0. The van der Waals surface area contributed by atoms with Gasteiger partial charge in [0.15, 0.2) is 0 Å². The minimum atomic E-state index is -0.0697. The summed E-state index contributed by atoms with van der Waals surface area (Å²) in [5, 5.41) is 4.03. The molecule has 0 fully saturated rings. The zero-order valence-corrected chi connectivity index (χ0v) is 13.8. The maximum Gasteiger partial charge on any atom is 0.276 e. The zero-order chi connectivity index (χ0) is 17.4. The van der Waals surface area contributed by atoms with Crippen molar-refractivity contribution in [2.45, 2.75) is 20.4 Å². The molecule has 0 N–H and O–H groups in total. The number of aromatic nitrogens is 5. The first-order chi connectivity index (χ1) is 12.2. The van der Waals surface area contributed by atoms with Crippen LogP contribution in [-0.4, -0.2) is 24.7 Å². The van der Waals surface area contributed by atoms with Crippen LogP contribution in [0.25, 0.3) is 34.0 Å². The Labute approximate surface area is 143 Å². The van der Waals surface area contributed by atoms with Crippen LogP contribution in [0.2, 0.25) is 0 Å². The van der Waals surface area contributed by atoms with Gasteiger partial charge in [-0.2, -0.15) is 4.98 Å². The molecule has 7 nitrogen and oxygen atoms in total. The van der Waals surface area contributed by atoms with Crippen LogP contribution in [0.1, 0.15) is 12.6 Å². The van der Waals surface area contributed by atoms with E-state index in [0.717, 1.165) is 16.6 Å². The molecule has 0 aliphatic heterocycles. The van der Waals surface area contributed by atoms with E-state index in [9.17, 15) is 4.79 Å². The summed E-state index contributed by atoms with van der Waals surface area (Å²) in [5.74, 6) is 0.814. The Morgan fingerprint density at radius 3 is 2.80 bits per heavy atom. The van der Waals surface area contributed by atoms with Crippen LogP contribution in [0.15, 0.2) is 51.9 Å². The summed E-state index contributed by atoms with van der Waals surface area (Å²) in [5.41, 5.74) is 3.30. The molecule has 0 atom stereocenters. The molecule has 0 saturated heterocycles. The highest BCUT2D eigenvalue weighted by molar-refractivity contribution is 5.80. The van der Waals surface area contributed by atoms with Crippen molar-refractivity contribution in [2.24, 2.45) is 0 Å². The van der Waals surface area contributed by atoms with Gasteiger partial charge in [-0.1, -0.05) is 11.2 Å². The molecule has 0 aliphatic carbocycles. The molecular weight excluding hydrogens is 318 g/mol. The van der Waals surface area contributed by atoms with Gasteiger partial charge in [-0.05, 0) is 44.2 Å². The van der Waals surface area contributed by atoms with Crippen LogP contribution in [0.3, 0.4) is 0 Å². The Hall–Kier alpha value is -3.35. The van der Waals surface area contributed by atoms with Gasteiger partial charge >= 0.3 is 0 Å². The van der Waals surface area contributed by atoms with Gasteiger partial charge in [-0.3, -0.25) is 9.78 Å². The highest BCUT2D eigenvalue weighted by Gasteiger charge is 2.13. The van der Waals surface area contributed by atoms with Gasteiger partial charge in [0, 0.05) is 18.3 Å². The molecule has 0 saturated carbocycles. The third kappa shape index (κ3) is 2.59. The molecule has 124 valence electrons. The van der Waals surface area contributed by atoms with Crippen LogP contribution in [-0.2, 0) is 6.54 Å². The third-order valence-electron chi connectivity index (χ3n) is 3.99. The van der Waals surface area contributed by atoms with E-state index in [1.165, 1.54) is 0 Å². The summed E-state index contributed by atoms with van der Waals surface area (Å²) in [6.45, 7) is 4.24. The summed E-state index contributed by atoms with van der Waals surface area (Å²) < 4.78 is 7.01. The average molecular weight is 333 g/mol. The summed E-state index contributed by atoms with van der Waals surface area (Å²) in [6.07, 6.45) is 1.67. The van der Waals surface area contributed by atoms with Gasteiger partial charge in [0.25, 0.3) is 11.4 Å². The van der Waals surface area contributed by atoms with E-state index in [4.69, 9.17) is 4.52 Å². The molecule has 0 radical (unpaired) electrons. The molecule has 0 spiro atoms. The van der Waals surface area contributed by atoms with Crippen LogP contribution in [0, 0.1) is 6.92 Å². The molecule has 3 heterocycles.